The zero-order valence-electron chi connectivity index (χ0n) is 8.95. The Hall–Kier alpha value is -2.24. The number of halogens is 2. The number of hydrogen-bond donors (Lipinski definition) is 1. The summed E-state index contributed by atoms with van der Waals surface area (Å²) in [5.41, 5.74) is -0.210. The summed E-state index contributed by atoms with van der Waals surface area (Å²) in [7, 11) is 1.63. The van der Waals surface area contributed by atoms with E-state index in [1.54, 1.807) is 13.2 Å². The van der Waals surface area contributed by atoms with E-state index in [-0.39, 0.29) is 11.5 Å². The number of anilines is 1. The number of imidazole rings is 1. The molecule has 0 aliphatic rings. The molecule has 1 N–H and O–H groups in total. The average Bonchev–Trinajstić information content (AvgIpc) is 2.70. The maximum absolute atomic E-state index is 13.3. The first kappa shape index (κ1) is 11.3. The number of carbonyl (C=O) groups is 1. The minimum atomic E-state index is -0.700. The van der Waals surface area contributed by atoms with E-state index < -0.39 is 17.5 Å². The molecular formula is C11H9F2N3O. The normalized spacial score (nSPS) is 10.3. The lowest BCUT2D eigenvalue weighted by Crippen LogP contribution is -2.17. The van der Waals surface area contributed by atoms with E-state index in [0.29, 0.717) is 0 Å². The Morgan fingerprint density at radius 2 is 2.18 bits per heavy atom. The van der Waals surface area contributed by atoms with Crippen molar-refractivity contribution in [2.45, 2.75) is 0 Å². The Kier molecular flexibility index (Phi) is 2.86. The topological polar surface area (TPSA) is 46.9 Å². The molecule has 17 heavy (non-hydrogen) atoms. The zero-order chi connectivity index (χ0) is 12.4. The fourth-order valence-electron chi connectivity index (χ4n) is 1.36. The van der Waals surface area contributed by atoms with Gasteiger partial charge in [-0.3, -0.25) is 4.79 Å². The van der Waals surface area contributed by atoms with Gasteiger partial charge in [-0.15, -0.1) is 0 Å². The second-order valence-corrected chi connectivity index (χ2v) is 3.44. The Bertz CT molecular complexity index is 566. The van der Waals surface area contributed by atoms with Gasteiger partial charge in [-0.2, -0.15) is 0 Å². The molecule has 1 aromatic heterocycles. The van der Waals surface area contributed by atoms with Crippen molar-refractivity contribution in [2.75, 3.05) is 5.32 Å². The predicted octanol–water partition coefficient (Wildman–Crippen LogP) is 1.95. The van der Waals surface area contributed by atoms with Crippen molar-refractivity contribution in [3.05, 3.63) is 48.1 Å². The molecule has 1 amide bonds. The number of amides is 1. The van der Waals surface area contributed by atoms with Crippen molar-refractivity contribution in [3.8, 4) is 0 Å². The lowest BCUT2D eigenvalue weighted by atomic mass is 10.3. The molecule has 0 radical (unpaired) electrons. The maximum atomic E-state index is 13.3. The molecule has 0 bridgehead atoms. The largest absolute Gasteiger partial charge is 0.330 e. The highest BCUT2D eigenvalue weighted by Gasteiger charge is 2.13. The molecule has 2 rings (SSSR count). The molecule has 0 aliphatic heterocycles. The molecule has 88 valence electrons. The number of hydrogen-bond acceptors (Lipinski definition) is 2. The van der Waals surface area contributed by atoms with Gasteiger partial charge < -0.3 is 9.88 Å². The molecule has 0 saturated heterocycles. The monoisotopic (exact) mass is 237 g/mol. The van der Waals surface area contributed by atoms with E-state index >= 15 is 0 Å². The fourth-order valence-corrected chi connectivity index (χ4v) is 1.36. The first-order valence-electron chi connectivity index (χ1n) is 4.81. The van der Waals surface area contributed by atoms with Crippen LogP contribution in [0.4, 0.5) is 14.5 Å². The van der Waals surface area contributed by atoms with Gasteiger partial charge in [0.2, 0.25) is 0 Å². The minimum absolute atomic E-state index is 0.119. The summed E-state index contributed by atoms with van der Waals surface area (Å²) in [6, 6.07) is 2.84. The van der Waals surface area contributed by atoms with Crippen molar-refractivity contribution in [1.82, 2.24) is 9.55 Å². The fraction of sp³-hybridized carbons (Fsp3) is 0.0909. The van der Waals surface area contributed by atoms with Gasteiger partial charge in [0.1, 0.15) is 11.6 Å². The third-order valence-corrected chi connectivity index (χ3v) is 2.20. The Morgan fingerprint density at radius 1 is 1.41 bits per heavy atom. The second-order valence-electron chi connectivity index (χ2n) is 3.44. The predicted molar refractivity (Wildman–Crippen MR) is 57.5 cm³/mol. The van der Waals surface area contributed by atoms with Crippen molar-refractivity contribution in [3.63, 3.8) is 0 Å². The molecule has 0 spiro atoms. The van der Waals surface area contributed by atoms with Crippen LogP contribution in [0.25, 0.3) is 0 Å². The van der Waals surface area contributed by atoms with Crippen molar-refractivity contribution in [2.24, 2.45) is 7.05 Å². The van der Waals surface area contributed by atoms with Crippen molar-refractivity contribution < 1.29 is 13.6 Å². The summed E-state index contributed by atoms with van der Waals surface area (Å²) in [6.45, 7) is 0. The van der Waals surface area contributed by atoms with Gasteiger partial charge in [-0.1, -0.05) is 0 Å². The Morgan fingerprint density at radius 3 is 2.82 bits per heavy atom. The van der Waals surface area contributed by atoms with Gasteiger partial charge in [0.15, 0.2) is 5.82 Å². The molecule has 0 saturated carbocycles. The van der Waals surface area contributed by atoms with Crippen LogP contribution in [-0.2, 0) is 7.05 Å². The summed E-state index contributed by atoms with van der Waals surface area (Å²) in [5, 5.41) is 2.26. The highest BCUT2D eigenvalue weighted by molar-refractivity contribution is 6.01. The van der Waals surface area contributed by atoms with E-state index in [1.165, 1.54) is 10.8 Å². The van der Waals surface area contributed by atoms with Crippen LogP contribution in [0.15, 0.2) is 30.6 Å². The highest BCUT2D eigenvalue weighted by Crippen LogP contribution is 2.15. The summed E-state index contributed by atoms with van der Waals surface area (Å²) in [4.78, 5) is 15.5. The van der Waals surface area contributed by atoms with Crippen LogP contribution >= 0.6 is 0 Å². The molecule has 1 heterocycles. The van der Waals surface area contributed by atoms with Gasteiger partial charge >= 0.3 is 0 Å². The summed E-state index contributed by atoms with van der Waals surface area (Å²) < 4.78 is 27.6. The third kappa shape index (κ3) is 2.30. The number of aryl methyl sites for hydroxylation is 1. The maximum Gasteiger partial charge on any atom is 0.291 e. The van der Waals surface area contributed by atoms with Crippen LogP contribution in [0.3, 0.4) is 0 Å². The minimum Gasteiger partial charge on any atom is -0.330 e. The van der Waals surface area contributed by atoms with E-state index in [1.807, 2.05) is 0 Å². The number of nitrogens with zero attached hydrogens (tertiary/aromatic N) is 2. The molecule has 0 atom stereocenters. The standard InChI is InChI=1S/C11H9F2N3O/c1-16-5-4-14-10(16)11(17)15-9-6-7(12)2-3-8(9)13/h2-6H,1H3,(H,15,17). The van der Waals surface area contributed by atoms with Crippen LogP contribution < -0.4 is 5.32 Å². The molecule has 0 unspecified atom stereocenters. The highest BCUT2D eigenvalue weighted by atomic mass is 19.1. The summed E-state index contributed by atoms with van der Waals surface area (Å²) in [5.74, 6) is -1.80. The molecular weight excluding hydrogens is 228 g/mol. The molecule has 0 fully saturated rings. The number of carbonyl (C=O) groups excluding carboxylic acids is 1. The zero-order valence-corrected chi connectivity index (χ0v) is 8.95. The smallest absolute Gasteiger partial charge is 0.291 e. The van der Waals surface area contributed by atoms with Crippen molar-refractivity contribution in [1.29, 1.82) is 0 Å². The number of nitrogens with one attached hydrogen (secondary N) is 1. The summed E-state index contributed by atoms with van der Waals surface area (Å²) >= 11 is 0. The average molecular weight is 237 g/mol. The number of benzene rings is 1. The van der Waals surface area contributed by atoms with Crippen molar-refractivity contribution >= 4 is 11.6 Å². The van der Waals surface area contributed by atoms with Gasteiger partial charge in [0.05, 0.1) is 5.69 Å². The molecule has 6 heteroatoms. The van der Waals surface area contributed by atoms with Crippen LogP contribution in [0.5, 0.6) is 0 Å². The van der Waals surface area contributed by atoms with E-state index in [0.717, 1.165) is 18.2 Å². The SMILES string of the molecule is Cn1ccnc1C(=O)Nc1cc(F)ccc1F. The van der Waals surface area contributed by atoms with Gasteiger partial charge in [0.25, 0.3) is 5.91 Å². The third-order valence-electron chi connectivity index (χ3n) is 2.20. The first-order chi connectivity index (χ1) is 8.08. The molecule has 1 aromatic carbocycles. The lowest BCUT2D eigenvalue weighted by Gasteiger charge is -2.06. The summed E-state index contributed by atoms with van der Waals surface area (Å²) in [6.07, 6.45) is 3.02. The van der Waals surface area contributed by atoms with Gasteiger partial charge in [-0.05, 0) is 12.1 Å². The van der Waals surface area contributed by atoms with E-state index in [2.05, 4.69) is 10.3 Å². The first-order valence-corrected chi connectivity index (χ1v) is 4.81. The van der Waals surface area contributed by atoms with Gasteiger partial charge in [0, 0.05) is 25.5 Å². The Labute approximate surface area is 95.9 Å². The molecule has 4 nitrogen and oxygen atoms in total. The lowest BCUT2D eigenvalue weighted by molar-refractivity contribution is 0.101. The number of rotatable bonds is 2. The van der Waals surface area contributed by atoms with E-state index in [4.69, 9.17) is 0 Å². The van der Waals surface area contributed by atoms with Crippen LogP contribution in [0.2, 0.25) is 0 Å². The van der Waals surface area contributed by atoms with Crippen LogP contribution in [0.1, 0.15) is 10.6 Å². The number of aromatic nitrogens is 2. The van der Waals surface area contributed by atoms with E-state index in [9.17, 15) is 13.6 Å². The van der Waals surface area contributed by atoms with Gasteiger partial charge in [-0.25, -0.2) is 13.8 Å². The van der Waals surface area contributed by atoms with Crippen LogP contribution in [0, 0.1) is 11.6 Å². The Balaban J connectivity index is 2.24. The molecule has 0 aliphatic carbocycles. The quantitative estimate of drug-likeness (QED) is 0.867. The van der Waals surface area contributed by atoms with Crippen LogP contribution in [-0.4, -0.2) is 15.5 Å². The molecule has 2 aromatic rings. The second kappa shape index (κ2) is 4.32.